The average Bonchev–Trinajstić information content (AvgIpc) is 2.75. The Morgan fingerprint density at radius 2 is 1.57 bits per heavy atom. The maximum absolute atomic E-state index is 13.1. The third-order valence-corrected chi connectivity index (χ3v) is 4.77. The zero-order valence-corrected chi connectivity index (χ0v) is 15.9. The van der Waals surface area contributed by atoms with Crippen LogP contribution in [0.5, 0.6) is 0 Å². The van der Waals surface area contributed by atoms with E-state index in [0.29, 0.717) is 11.9 Å². The molecule has 0 aliphatic carbocycles. The van der Waals surface area contributed by atoms with Gasteiger partial charge in [-0.15, -0.1) is 0 Å². The van der Waals surface area contributed by atoms with Gasteiger partial charge in [0.15, 0.2) is 0 Å². The van der Waals surface area contributed by atoms with Crippen LogP contribution in [0.15, 0.2) is 83.7 Å². The van der Waals surface area contributed by atoms with Gasteiger partial charge in [-0.3, -0.25) is 9.36 Å². The lowest BCUT2D eigenvalue weighted by Crippen LogP contribution is -2.23. The van der Waals surface area contributed by atoms with Gasteiger partial charge in [-0.2, -0.15) is 0 Å². The van der Waals surface area contributed by atoms with Gasteiger partial charge in [0.1, 0.15) is 5.82 Å². The van der Waals surface area contributed by atoms with Crippen LogP contribution >= 0.6 is 0 Å². The van der Waals surface area contributed by atoms with Crippen molar-refractivity contribution in [1.82, 2.24) is 9.55 Å². The van der Waals surface area contributed by atoms with Crippen LogP contribution in [0.3, 0.4) is 0 Å². The molecule has 1 aromatic heterocycles. The molecule has 0 N–H and O–H groups in total. The zero-order chi connectivity index (χ0) is 19.3. The van der Waals surface area contributed by atoms with E-state index in [1.165, 1.54) is 0 Å². The fourth-order valence-electron chi connectivity index (χ4n) is 3.40. The topological polar surface area (TPSA) is 34.9 Å². The van der Waals surface area contributed by atoms with Gasteiger partial charge in [-0.1, -0.05) is 85.8 Å². The van der Waals surface area contributed by atoms with Crippen LogP contribution < -0.4 is 5.56 Å². The normalized spacial score (nSPS) is 11.3. The Morgan fingerprint density at radius 1 is 0.857 bits per heavy atom. The van der Waals surface area contributed by atoms with E-state index in [9.17, 15) is 4.79 Å². The van der Waals surface area contributed by atoms with E-state index in [0.717, 1.165) is 34.5 Å². The molecule has 28 heavy (non-hydrogen) atoms. The Balaban J connectivity index is 1.90. The summed E-state index contributed by atoms with van der Waals surface area (Å²) in [5.41, 5.74) is 3.89. The summed E-state index contributed by atoms with van der Waals surface area (Å²) in [6.45, 7) is 2.72. The summed E-state index contributed by atoms with van der Waals surface area (Å²) < 4.78 is 1.80. The van der Waals surface area contributed by atoms with Gasteiger partial charge in [0, 0.05) is 12.1 Å². The molecule has 0 saturated carbocycles. The predicted molar refractivity (Wildman–Crippen MR) is 117 cm³/mol. The van der Waals surface area contributed by atoms with Crippen molar-refractivity contribution in [3.63, 3.8) is 0 Å². The molecule has 138 valence electrons. The molecule has 4 rings (SSSR count). The Bertz CT molecular complexity index is 1190. The number of benzene rings is 3. The average molecular weight is 366 g/mol. The van der Waals surface area contributed by atoms with E-state index in [1.54, 1.807) is 4.57 Å². The van der Waals surface area contributed by atoms with Crippen molar-refractivity contribution in [3.8, 4) is 11.4 Å². The van der Waals surface area contributed by atoms with Crippen LogP contribution in [0.1, 0.15) is 24.5 Å². The highest BCUT2D eigenvalue weighted by Crippen LogP contribution is 2.25. The first-order valence-electron chi connectivity index (χ1n) is 9.60. The minimum atomic E-state index is 0.0179. The van der Waals surface area contributed by atoms with Gasteiger partial charge in [0.05, 0.1) is 10.9 Å². The molecule has 0 amide bonds. The molecular weight excluding hydrogens is 344 g/mol. The van der Waals surface area contributed by atoms with Crippen molar-refractivity contribution in [2.45, 2.75) is 19.9 Å². The first-order chi connectivity index (χ1) is 13.8. The second-order valence-corrected chi connectivity index (χ2v) is 6.74. The van der Waals surface area contributed by atoms with Crippen LogP contribution in [-0.4, -0.2) is 9.55 Å². The SMILES string of the molecule is CCCn1c(-c2ccccc2/C=C/c2ccccc2)nc2ccccc2c1=O. The van der Waals surface area contributed by atoms with Crippen molar-refractivity contribution < 1.29 is 0 Å². The van der Waals surface area contributed by atoms with Gasteiger partial charge in [0.25, 0.3) is 5.56 Å². The molecule has 0 atom stereocenters. The molecule has 3 nitrogen and oxygen atoms in total. The lowest BCUT2D eigenvalue weighted by Gasteiger charge is -2.14. The molecule has 0 saturated heterocycles. The van der Waals surface area contributed by atoms with Crippen molar-refractivity contribution in [2.75, 3.05) is 0 Å². The van der Waals surface area contributed by atoms with Crippen LogP contribution in [0.2, 0.25) is 0 Å². The summed E-state index contributed by atoms with van der Waals surface area (Å²) in [6.07, 6.45) is 5.04. The van der Waals surface area contributed by atoms with E-state index in [2.05, 4.69) is 37.3 Å². The monoisotopic (exact) mass is 366 g/mol. The standard InChI is InChI=1S/C25H22N2O/c1-2-18-27-24(26-23-15-9-8-14-22(23)25(27)28)21-13-7-6-12-20(21)17-16-19-10-4-3-5-11-19/h3-17H,2,18H2,1H3/b17-16+. The van der Waals surface area contributed by atoms with Crippen molar-refractivity contribution in [2.24, 2.45) is 0 Å². The predicted octanol–water partition coefficient (Wildman–Crippen LogP) is 5.64. The summed E-state index contributed by atoms with van der Waals surface area (Å²) in [4.78, 5) is 18.0. The van der Waals surface area contributed by atoms with Crippen LogP contribution in [0.25, 0.3) is 34.4 Å². The molecule has 0 bridgehead atoms. The van der Waals surface area contributed by atoms with E-state index < -0.39 is 0 Å². The zero-order valence-electron chi connectivity index (χ0n) is 15.9. The van der Waals surface area contributed by atoms with E-state index in [1.807, 2.05) is 60.7 Å². The van der Waals surface area contributed by atoms with Crippen LogP contribution in [0.4, 0.5) is 0 Å². The fourth-order valence-corrected chi connectivity index (χ4v) is 3.40. The summed E-state index contributed by atoms with van der Waals surface area (Å²) in [7, 11) is 0. The first-order valence-corrected chi connectivity index (χ1v) is 9.60. The summed E-state index contributed by atoms with van der Waals surface area (Å²) >= 11 is 0. The van der Waals surface area contributed by atoms with Gasteiger partial charge < -0.3 is 0 Å². The Hall–Kier alpha value is -3.46. The van der Waals surface area contributed by atoms with Gasteiger partial charge in [-0.05, 0) is 29.7 Å². The summed E-state index contributed by atoms with van der Waals surface area (Å²) in [5, 5.41) is 0.664. The van der Waals surface area contributed by atoms with E-state index in [4.69, 9.17) is 4.98 Å². The van der Waals surface area contributed by atoms with Gasteiger partial charge in [-0.25, -0.2) is 4.98 Å². The highest BCUT2D eigenvalue weighted by atomic mass is 16.1. The smallest absolute Gasteiger partial charge is 0.261 e. The molecule has 0 spiro atoms. The number of fused-ring (bicyclic) bond motifs is 1. The van der Waals surface area contributed by atoms with E-state index >= 15 is 0 Å². The first kappa shape index (κ1) is 17.9. The number of aromatic nitrogens is 2. The molecule has 0 aliphatic rings. The second-order valence-electron chi connectivity index (χ2n) is 6.74. The van der Waals surface area contributed by atoms with Gasteiger partial charge >= 0.3 is 0 Å². The quantitative estimate of drug-likeness (QED) is 0.428. The largest absolute Gasteiger partial charge is 0.292 e. The van der Waals surface area contributed by atoms with Crippen LogP contribution in [-0.2, 0) is 6.54 Å². The molecule has 3 aromatic carbocycles. The minimum Gasteiger partial charge on any atom is -0.292 e. The minimum absolute atomic E-state index is 0.0179. The second kappa shape index (κ2) is 8.05. The number of hydrogen-bond donors (Lipinski definition) is 0. The summed E-state index contributed by atoms with van der Waals surface area (Å²) in [5.74, 6) is 0.721. The molecule has 0 fully saturated rings. The Morgan fingerprint density at radius 3 is 2.39 bits per heavy atom. The van der Waals surface area contributed by atoms with Crippen molar-refractivity contribution >= 4 is 23.1 Å². The highest BCUT2D eigenvalue weighted by molar-refractivity contribution is 5.83. The molecular formula is C25H22N2O. The van der Waals surface area contributed by atoms with Crippen molar-refractivity contribution in [1.29, 1.82) is 0 Å². The Labute approximate surface area is 164 Å². The maximum Gasteiger partial charge on any atom is 0.261 e. The summed E-state index contributed by atoms with van der Waals surface area (Å²) in [6, 6.07) is 25.9. The van der Waals surface area contributed by atoms with Crippen LogP contribution in [0, 0.1) is 0 Å². The number of para-hydroxylation sites is 1. The highest BCUT2D eigenvalue weighted by Gasteiger charge is 2.14. The third-order valence-electron chi connectivity index (χ3n) is 4.77. The molecule has 0 radical (unpaired) electrons. The number of hydrogen-bond acceptors (Lipinski definition) is 2. The third kappa shape index (κ3) is 3.52. The van der Waals surface area contributed by atoms with Crippen molar-refractivity contribution in [3.05, 3.63) is 100 Å². The van der Waals surface area contributed by atoms with Gasteiger partial charge in [0.2, 0.25) is 0 Å². The maximum atomic E-state index is 13.1. The van der Waals surface area contributed by atoms with E-state index in [-0.39, 0.29) is 5.56 Å². The molecule has 0 aliphatic heterocycles. The lowest BCUT2D eigenvalue weighted by atomic mass is 10.0. The molecule has 0 unspecified atom stereocenters. The lowest BCUT2D eigenvalue weighted by molar-refractivity contribution is 0.656. The molecule has 3 heteroatoms. The Kier molecular flexibility index (Phi) is 5.16. The molecule has 1 heterocycles. The fraction of sp³-hybridized carbons (Fsp3) is 0.120. The number of rotatable bonds is 5. The number of nitrogens with zero attached hydrogens (tertiary/aromatic N) is 2. The molecule has 4 aromatic rings.